The Balaban J connectivity index is 2.15. The summed E-state index contributed by atoms with van der Waals surface area (Å²) in [4.78, 5) is 15.2. The minimum absolute atomic E-state index is 0.0130. The summed E-state index contributed by atoms with van der Waals surface area (Å²) in [5.41, 5.74) is 0.733. The lowest BCUT2D eigenvalue weighted by Gasteiger charge is -2.14. The van der Waals surface area contributed by atoms with Gasteiger partial charge in [-0.25, -0.2) is 8.42 Å². The monoisotopic (exact) mass is 429 g/mol. The van der Waals surface area contributed by atoms with Crippen molar-refractivity contribution in [1.29, 1.82) is 0 Å². The third-order valence-corrected chi connectivity index (χ3v) is 6.69. The van der Waals surface area contributed by atoms with E-state index in [1.807, 2.05) is 6.07 Å². The molecule has 7 heteroatoms. The van der Waals surface area contributed by atoms with Crippen LogP contribution in [-0.4, -0.2) is 13.4 Å². The Morgan fingerprint density at radius 2 is 1.43 bits per heavy atom. The molecule has 1 N–H and O–H groups in total. The Hall–Kier alpha value is -2.60. The summed E-state index contributed by atoms with van der Waals surface area (Å²) >= 11 is 12.0. The Labute approximate surface area is 171 Å². The van der Waals surface area contributed by atoms with Crippen molar-refractivity contribution in [2.45, 2.75) is 9.79 Å². The van der Waals surface area contributed by atoms with E-state index < -0.39 is 15.4 Å². The highest BCUT2D eigenvalue weighted by Gasteiger charge is 2.28. The molecule has 0 amide bonds. The average Bonchev–Trinajstić information content (AvgIpc) is 2.68. The molecule has 0 unspecified atom stereocenters. The van der Waals surface area contributed by atoms with Crippen molar-refractivity contribution in [2.75, 3.05) is 0 Å². The molecule has 0 saturated carbocycles. The van der Waals surface area contributed by atoms with Gasteiger partial charge in [0, 0.05) is 26.5 Å². The fraction of sp³-hybridized carbons (Fsp3) is 0. The molecule has 0 saturated heterocycles. The van der Waals surface area contributed by atoms with Crippen LogP contribution in [0.3, 0.4) is 0 Å². The Morgan fingerprint density at radius 3 is 2.11 bits per heavy atom. The number of hydrogen-bond donors (Lipinski definition) is 1. The second kappa shape index (κ2) is 7.09. The topological polar surface area (TPSA) is 67.0 Å². The van der Waals surface area contributed by atoms with E-state index >= 15 is 0 Å². The van der Waals surface area contributed by atoms with Gasteiger partial charge in [0.2, 0.25) is 9.84 Å². The van der Waals surface area contributed by atoms with Crippen LogP contribution in [0.1, 0.15) is 0 Å². The zero-order valence-corrected chi connectivity index (χ0v) is 16.6. The molecule has 0 spiro atoms. The third kappa shape index (κ3) is 3.22. The van der Waals surface area contributed by atoms with Gasteiger partial charge in [-0.1, -0.05) is 53.5 Å². The van der Waals surface area contributed by atoms with Crippen LogP contribution >= 0.6 is 23.2 Å². The van der Waals surface area contributed by atoms with Gasteiger partial charge in [-0.05, 0) is 48.0 Å². The summed E-state index contributed by atoms with van der Waals surface area (Å²) in [7, 11) is -4.11. The number of H-pyrrole nitrogens is 1. The molecular weight excluding hydrogens is 417 g/mol. The molecule has 4 rings (SSSR count). The number of nitrogens with one attached hydrogen (secondary N) is 1. The van der Waals surface area contributed by atoms with Crippen molar-refractivity contribution in [3.8, 4) is 11.1 Å². The molecule has 0 bridgehead atoms. The highest BCUT2D eigenvalue weighted by Crippen LogP contribution is 2.35. The molecule has 4 aromatic rings. The number of halogens is 2. The first kappa shape index (κ1) is 18.7. The summed E-state index contributed by atoms with van der Waals surface area (Å²) in [6, 6.07) is 19.6. The molecule has 140 valence electrons. The zero-order valence-electron chi connectivity index (χ0n) is 14.3. The minimum Gasteiger partial charge on any atom is -0.321 e. The second-order valence-corrected chi connectivity index (χ2v) is 8.93. The van der Waals surface area contributed by atoms with E-state index in [4.69, 9.17) is 23.2 Å². The van der Waals surface area contributed by atoms with Gasteiger partial charge in [-0.3, -0.25) is 4.79 Å². The zero-order chi connectivity index (χ0) is 19.9. The van der Waals surface area contributed by atoms with Crippen molar-refractivity contribution in [1.82, 2.24) is 4.98 Å². The third-order valence-electron chi connectivity index (χ3n) is 4.39. The fourth-order valence-electron chi connectivity index (χ4n) is 3.13. The van der Waals surface area contributed by atoms with E-state index in [2.05, 4.69) is 4.98 Å². The first-order valence-electron chi connectivity index (χ1n) is 8.29. The van der Waals surface area contributed by atoms with Gasteiger partial charge in [0.25, 0.3) is 5.56 Å². The number of rotatable bonds is 3. The molecule has 28 heavy (non-hydrogen) atoms. The van der Waals surface area contributed by atoms with Crippen LogP contribution in [0.5, 0.6) is 0 Å². The second-order valence-electron chi connectivity index (χ2n) is 6.17. The SMILES string of the molecule is O=c1[nH]c2ccc(Cl)cc2c(-c2ccccc2)c1S(=O)(=O)c1ccc(Cl)cc1. The lowest BCUT2D eigenvalue weighted by Crippen LogP contribution is -2.20. The molecule has 1 heterocycles. The molecule has 3 aromatic carbocycles. The van der Waals surface area contributed by atoms with Gasteiger partial charge in [0.15, 0.2) is 0 Å². The lowest BCUT2D eigenvalue weighted by atomic mass is 10.0. The summed E-state index contributed by atoms with van der Waals surface area (Å²) < 4.78 is 26.8. The van der Waals surface area contributed by atoms with Gasteiger partial charge in [-0.2, -0.15) is 0 Å². The lowest BCUT2D eigenvalue weighted by molar-refractivity contribution is 0.595. The normalized spacial score (nSPS) is 11.6. The Morgan fingerprint density at radius 1 is 0.786 bits per heavy atom. The standard InChI is InChI=1S/C21H13Cl2NO3S/c22-14-6-9-16(10-7-14)28(26,27)20-19(13-4-2-1-3-5-13)17-12-15(23)8-11-18(17)24-21(20)25/h1-12H,(H,24,25). The van der Waals surface area contributed by atoms with Crippen molar-refractivity contribution < 1.29 is 8.42 Å². The molecule has 0 atom stereocenters. The highest BCUT2D eigenvalue weighted by molar-refractivity contribution is 7.91. The summed E-state index contributed by atoms with van der Waals surface area (Å²) in [5.74, 6) is 0. The van der Waals surface area contributed by atoms with E-state index in [0.717, 1.165) is 0 Å². The van der Waals surface area contributed by atoms with Gasteiger partial charge >= 0.3 is 0 Å². The number of benzene rings is 3. The van der Waals surface area contributed by atoms with Crippen LogP contribution in [0.4, 0.5) is 0 Å². The van der Waals surface area contributed by atoms with Crippen LogP contribution in [0.25, 0.3) is 22.0 Å². The van der Waals surface area contributed by atoms with Gasteiger partial charge in [-0.15, -0.1) is 0 Å². The molecule has 0 radical (unpaired) electrons. The highest BCUT2D eigenvalue weighted by atomic mass is 35.5. The summed E-state index contributed by atoms with van der Waals surface area (Å²) in [5, 5.41) is 1.39. The number of pyridine rings is 1. The molecule has 0 aliphatic rings. The molecule has 0 aliphatic carbocycles. The number of hydrogen-bond acceptors (Lipinski definition) is 3. The van der Waals surface area contributed by atoms with Crippen molar-refractivity contribution >= 4 is 43.9 Å². The maximum atomic E-state index is 13.4. The molecule has 0 fully saturated rings. The number of fused-ring (bicyclic) bond motifs is 1. The van der Waals surface area contributed by atoms with Crippen LogP contribution in [-0.2, 0) is 9.84 Å². The minimum atomic E-state index is -4.11. The Kier molecular flexibility index (Phi) is 4.75. The smallest absolute Gasteiger partial charge is 0.268 e. The maximum absolute atomic E-state index is 13.4. The van der Waals surface area contributed by atoms with Gasteiger partial charge in [0.05, 0.1) is 4.90 Å². The van der Waals surface area contributed by atoms with E-state index in [0.29, 0.717) is 32.1 Å². The number of sulfone groups is 1. The van der Waals surface area contributed by atoms with E-state index in [-0.39, 0.29) is 9.79 Å². The predicted molar refractivity (Wildman–Crippen MR) is 112 cm³/mol. The van der Waals surface area contributed by atoms with Crippen LogP contribution < -0.4 is 5.56 Å². The maximum Gasteiger partial charge on any atom is 0.268 e. The Bertz CT molecular complexity index is 1350. The summed E-state index contributed by atoms with van der Waals surface area (Å²) in [6.45, 7) is 0. The largest absolute Gasteiger partial charge is 0.321 e. The van der Waals surface area contributed by atoms with Crippen molar-refractivity contribution in [3.63, 3.8) is 0 Å². The number of aromatic amines is 1. The van der Waals surface area contributed by atoms with Crippen LogP contribution in [0, 0.1) is 0 Å². The van der Waals surface area contributed by atoms with E-state index in [1.54, 1.807) is 42.5 Å². The van der Waals surface area contributed by atoms with Crippen molar-refractivity contribution in [2.24, 2.45) is 0 Å². The van der Waals surface area contributed by atoms with E-state index in [1.165, 1.54) is 24.3 Å². The first-order valence-corrected chi connectivity index (χ1v) is 10.5. The predicted octanol–water partition coefficient (Wildman–Crippen LogP) is 5.33. The average molecular weight is 430 g/mol. The van der Waals surface area contributed by atoms with E-state index in [9.17, 15) is 13.2 Å². The number of aromatic nitrogens is 1. The van der Waals surface area contributed by atoms with Crippen LogP contribution in [0.2, 0.25) is 10.0 Å². The molecule has 1 aromatic heterocycles. The van der Waals surface area contributed by atoms with Crippen molar-refractivity contribution in [3.05, 3.63) is 93.2 Å². The van der Waals surface area contributed by atoms with Gasteiger partial charge < -0.3 is 4.98 Å². The van der Waals surface area contributed by atoms with Crippen LogP contribution in [0.15, 0.2) is 87.4 Å². The summed E-state index contributed by atoms with van der Waals surface area (Å²) in [6.07, 6.45) is 0. The first-order chi connectivity index (χ1) is 13.4. The molecular formula is C21H13Cl2NO3S. The molecule has 4 nitrogen and oxygen atoms in total. The fourth-order valence-corrected chi connectivity index (χ4v) is 4.95. The van der Waals surface area contributed by atoms with Gasteiger partial charge in [0.1, 0.15) is 4.90 Å². The quantitative estimate of drug-likeness (QED) is 0.478. The molecule has 0 aliphatic heterocycles.